The number of halogens is 2. The first-order chi connectivity index (χ1) is 14.5. The van der Waals surface area contributed by atoms with E-state index >= 15 is 0 Å². The summed E-state index contributed by atoms with van der Waals surface area (Å²) < 4.78 is 41.1. The van der Waals surface area contributed by atoms with Gasteiger partial charge < -0.3 is 14.0 Å². The molecule has 0 N–H and O–H groups in total. The number of unbranched alkanes of at least 4 members (excludes halogenated alkanes) is 1. The second kappa shape index (κ2) is 10.4. The van der Waals surface area contributed by atoms with E-state index in [9.17, 15) is 13.6 Å². The predicted molar refractivity (Wildman–Crippen MR) is 113 cm³/mol. The number of aromatic nitrogens is 1. The molecule has 3 rings (SSSR count). The van der Waals surface area contributed by atoms with Crippen LogP contribution < -0.4 is 9.54 Å². The summed E-state index contributed by atoms with van der Waals surface area (Å²) in [7, 11) is 0. The molecular weight excluding hydrogens is 410 g/mol. The van der Waals surface area contributed by atoms with E-state index in [4.69, 9.17) is 9.47 Å². The molecule has 2 aromatic carbocycles. The predicted octanol–water partition coefficient (Wildman–Crippen LogP) is 4.94. The van der Waals surface area contributed by atoms with Gasteiger partial charge in [0.1, 0.15) is 11.6 Å². The van der Waals surface area contributed by atoms with Gasteiger partial charge in [-0.25, -0.2) is 8.78 Å². The smallest absolute Gasteiger partial charge is 0.279 e. The number of carbonyl (C=O) groups is 1. The van der Waals surface area contributed by atoms with Crippen molar-refractivity contribution >= 4 is 27.5 Å². The molecule has 1 amide bonds. The third-order valence-electron chi connectivity index (χ3n) is 4.40. The molecule has 8 heteroatoms. The van der Waals surface area contributed by atoms with E-state index in [-0.39, 0.29) is 10.3 Å². The van der Waals surface area contributed by atoms with Crippen LogP contribution in [0.2, 0.25) is 0 Å². The molecule has 0 atom stereocenters. The molecule has 0 unspecified atom stereocenters. The zero-order valence-electron chi connectivity index (χ0n) is 17.0. The van der Waals surface area contributed by atoms with Crippen molar-refractivity contribution in [2.75, 3.05) is 19.8 Å². The first kappa shape index (κ1) is 22.1. The highest BCUT2D eigenvalue weighted by Gasteiger charge is 2.14. The number of carbonyl (C=O) groups excluding carboxylic acids is 1. The summed E-state index contributed by atoms with van der Waals surface area (Å²) in [6, 6.07) is 8.87. The largest absolute Gasteiger partial charge is 0.494 e. The Kier molecular flexibility index (Phi) is 7.70. The average Bonchev–Trinajstić information content (AvgIpc) is 3.05. The van der Waals surface area contributed by atoms with E-state index in [1.807, 2.05) is 6.92 Å². The molecule has 0 saturated heterocycles. The molecule has 1 heterocycles. The lowest BCUT2D eigenvalue weighted by molar-refractivity contribution is 0.0996. The molecule has 0 fully saturated rings. The number of ether oxygens (including phenoxy) is 2. The number of hydrogen-bond acceptors (Lipinski definition) is 4. The van der Waals surface area contributed by atoms with Crippen LogP contribution in [0.25, 0.3) is 10.2 Å². The summed E-state index contributed by atoms with van der Waals surface area (Å²) in [6.07, 6.45) is 1.94. The Morgan fingerprint density at radius 2 is 2.00 bits per heavy atom. The topological polar surface area (TPSA) is 52.8 Å². The van der Waals surface area contributed by atoms with Crippen LogP contribution in [0.5, 0.6) is 5.75 Å². The maximum absolute atomic E-state index is 14.5. The van der Waals surface area contributed by atoms with E-state index in [2.05, 4.69) is 11.9 Å². The van der Waals surface area contributed by atoms with E-state index in [0.29, 0.717) is 42.4 Å². The van der Waals surface area contributed by atoms with Crippen molar-refractivity contribution in [2.24, 2.45) is 4.99 Å². The number of benzene rings is 2. The van der Waals surface area contributed by atoms with E-state index in [0.717, 1.165) is 30.2 Å². The number of rotatable bonds is 9. The van der Waals surface area contributed by atoms with E-state index in [1.54, 1.807) is 28.8 Å². The lowest BCUT2D eigenvalue weighted by Crippen LogP contribution is -2.20. The number of hydrogen-bond donors (Lipinski definition) is 0. The van der Waals surface area contributed by atoms with Gasteiger partial charge in [0.25, 0.3) is 5.91 Å². The van der Waals surface area contributed by atoms with Crippen LogP contribution in [0.1, 0.15) is 37.0 Å². The SMILES string of the molecule is CCCCOc1cccc(C(=O)N=c2sc3cc(F)cc(F)c3n2CCOCC)c1. The summed E-state index contributed by atoms with van der Waals surface area (Å²) in [5.41, 5.74) is 0.578. The maximum atomic E-state index is 14.5. The second-order valence-corrected chi connectivity index (χ2v) is 7.62. The third-order valence-corrected chi connectivity index (χ3v) is 5.43. The van der Waals surface area contributed by atoms with Crippen LogP contribution in [0.4, 0.5) is 8.78 Å². The molecule has 0 aliphatic heterocycles. The van der Waals surface area contributed by atoms with Crippen molar-refractivity contribution in [3.05, 3.63) is 58.4 Å². The van der Waals surface area contributed by atoms with Crippen molar-refractivity contribution in [2.45, 2.75) is 33.2 Å². The Morgan fingerprint density at radius 1 is 1.17 bits per heavy atom. The highest BCUT2D eigenvalue weighted by atomic mass is 32.1. The molecule has 5 nitrogen and oxygen atoms in total. The maximum Gasteiger partial charge on any atom is 0.279 e. The Balaban J connectivity index is 1.98. The van der Waals surface area contributed by atoms with Crippen molar-refractivity contribution in [1.82, 2.24) is 4.57 Å². The fourth-order valence-corrected chi connectivity index (χ4v) is 4.02. The fourth-order valence-electron chi connectivity index (χ4n) is 2.93. The van der Waals surface area contributed by atoms with Crippen LogP contribution in [0, 0.1) is 11.6 Å². The number of fused-ring (bicyclic) bond motifs is 1. The van der Waals surface area contributed by atoms with Gasteiger partial charge in [0, 0.05) is 24.8 Å². The van der Waals surface area contributed by atoms with Crippen LogP contribution in [-0.4, -0.2) is 30.3 Å². The quantitative estimate of drug-likeness (QED) is 0.449. The lowest BCUT2D eigenvalue weighted by atomic mass is 10.2. The van der Waals surface area contributed by atoms with Gasteiger partial charge >= 0.3 is 0 Å². The average molecular weight is 435 g/mol. The number of amides is 1. The first-order valence-corrected chi connectivity index (χ1v) is 10.7. The molecule has 0 radical (unpaired) electrons. The van der Waals surface area contributed by atoms with Crippen LogP contribution in [0.15, 0.2) is 41.4 Å². The van der Waals surface area contributed by atoms with Crippen molar-refractivity contribution in [1.29, 1.82) is 0 Å². The minimum atomic E-state index is -0.696. The molecule has 30 heavy (non-hydrogen) atoms. The minimum absolute atomic E-state index is 0.212. The molecule has 0 saturated carbocycles. The van der Waals surface area contributed by atoms with Gasteiger partial charge in [-0.2, -0.15) is 4.99 Å². The van der Waals surface area contributed by atoms with Gasteiger partial charge in [-0.05, 0) is 37.6 Å². The second-order valence-electron chi connectivity index (χ2n) is 6.61. The molecule has 0 aliphatic rings. The summed E-state index contributed by atoms with van der Waals surface area (Å²) in [6.45, 7) is 5.63. The highest BCUT2D eigenvalue weighted by Crippen LogP contribution is 2.22. The van der Waals surface area contributed by atoms with Crippen molar-refractivity contribution < 1.29 is 23.0 Å². The summed E-state index contributed by atoms with van der Waals surface area (Å²) >= 11 is 1.06. The Hall–Kier alpha value is -2.58. The third kappa shape index (κ3) is 5.31. The lowest BCUT2D eigenvalue weighted by Gasteiger charge is -2.07. The zero-order valence-corrected chi connectivity index (χ0v) is 17.8. The standard InChI is InChI=1S/C22H24F2N2O3S/c1-3-5-10-29-17-8-6-7-15(12-17)21(27)25-22-26(9-11-28-4-2)20-18(24)13-16(23)14-19(20)30-22/h6-8,12-14H,3-5,9-11H2,1-2H3. The number of nitrogens with zero attached hydrogens (tertiary/aromatic N) is 2. The normalized spacial score (nSPS) is 11.9. The zero-order chi connectivity index (χ0) is 21.5. The van der Waals surface area contributed by atoms with Gasteiger partial charge in [0.05, 0.1) is 23.4 Å². The van der Waals surface area contributed by atoms with Gasteiger partial charge in [0.2, 0.25) is 0 Å². The summed E-state index contributed by atoms with van der Waals surface area (Å²) in [5, 5.41) is 0. The number of thiazole rings is 1. The summed E-state index contributed by atoms with van der Waals surface area (Å²) in [4.78, 5) is 17.3. The minimum Gasteiger partial charge on any atom is -0.494 e. The van der Waals surface area contributed by atoms with E-state index in [1.165, 1.54) is 6.07 Å². The van der Waals surface area contributed by atoms with Gasteiger partial charge in [0.15, 0.2) is 10.6 Å². The first-order valence-electron chi connectivity index (χ1n) is 9.91. The molecule has 160 valence electrons. The molecule has 1 aromatic heterocycles. The Morgan fingerprint density at radius 3 is 2.77 bits per heavy atom. The van der Waals surface area contributed by atoms with Crippen molar-refractivity contribution in [3.63, 3.8) is 0 Å². The van der Waals surface area contributed by atoms with Crippen LogP contribution in [0.3, 0.4) is 0 Å². The molecule has 0 spiro atoms. The van der Waals surface area contributed by atoms with Gasteiger partial charge in [-0.1, -0.05) is 30.7 Å². The fraction of sp³-hybridized carbons (Fsp3) is 0.364. The Bertz CT molecular complexity index is 1090. The highest BCUT2D eigenvalue weighted by molar-refractivity contribution is 7.16. The van der Waals surface area contributed by atoms with Crippen LogP contribution >= 0.6 is 11.3 Å². The van der Waals surface area contributed by atoms with E-state index < -0.39 is 17.5 Å². The van der Waals surface area contributed by atoms with Crippen molar-refractivity contribution in [3.8, 4) is 5.75 Å². The Labute approximate surface area is 177 Å². The van der Waals surface area contributed by atoms with Gasteiger partial charge in [-0.15, -0.1) is 0 Å². The van der Waals surface area contributed by atoms with Gasteiger partial charge in [-0.3, -0.25) is 4.79 Å². The monoisotopic (exact) mass is 434 g/mol. The molecular formula is C22H24F2N2O3S. The molecule has 0 aliphatic carbocycles. The summed E-state index contributed by atoms with van der Waals surface area (Å²) in [5.74, 6) is -1.25. The molecule has 3 aromatic rings. The van der Waals surface area contributed by atoms with Crippen LogP contribution in [-0.2, 0) is 11.3 Å². The molecule has 0 bridgehead atoms.